The number of rotatable bonds is 4. The molecule has 114 valence electrons. The van der Waals surface area contributed by atoms with Crippen molar-refractivity contribution in [3.63, 3.8) is 0 Å². The molecule has 1 atom stereocenters. The molecule has 0 aromatic carbocycles. The van der Waals surface area contributed by atoms with Gasteiger partial charge in [0.15, 0.2) is 0 Å². The van der Waals surface area contributed by atoms with Gasteiger partial charge in [0.25, 0.3) is 5.91 Å². The Morgan fingerprint density at radius 1 is 1.48 bits per heavy atom. The third-order valence-corrected chi connectivity index (χ3v) is 3.61. The monoisotopic (exact) mass is 294 g/mol. The molecule has 1 aliphatic rings. The second-order valence-corrected chi connectivity index (χ2v) is 5.19. The lowest BCUT2D eigenvalue weighted by Gasteiger charge is -2.31. The molecule has 1 saturated heterocycles. The van der Waals surface area contributed by atoms with Crippen LogP contribution in [0.5, 0.6) is 0 Å². The highest BCUT2D eigenvalue weighted by molar-refractivity contribution is 5.96. The van der Waals surface area contributed by atoms with E-state index in [2.05, 4.69) is 0 Å². The predicted octanol–water partition coefficient (Wildman–Crippen LogP) is 0.675. The fraction of sp³-hybridized carbons (Fsp3) is 0.500. The number of amides is 2. The van der Waals surface area contributed by atoms with Crippen LogP contribution in [0.2, 0.25) is 0 Å². The Morgan fingerprint density at radius 2 is 2.24 bits per heavy atom. The average molecular weight is 294 g/mol. The largest absolute Gasteiger partial charge is 0.481 e. The first kappa shape index (κ1) is 15.1. The number of nitrogens with zero attached hydrogens (tertiary/aromatic N) is 2. The molecule has 0 radical (unpaired) electrons. The van der Waals surface area contributed by atoms with Gasteiger partial charge in [-0.2, -0.15) is 0 Å². The normalized spacial score (nSPS) is 18.3. The molecular weight excluding hydrogens is 276 g/mol. The maximum Gasteiger partial charge on any atom is 0.308 e. The molecule has 0 saturated carbocycles. The molecule has 1 fully saturated rings. The Bertz CT molecular complexity index is 525. The van der Waals surface area contributed by atoms with Crippen LogP contribution in [-0.4, -0.2) is 59.4 Å². The number of hydrogen-bond donors (Lipinski definition) is 1. The van der Waals surface area contributed by atoms with Crippen LogP contribution in [0.4, 0.5) is 0 Å². The number of carboxylic acid groups (broad SMARTS) is 1. The number of aliphatic carboxylic acids is 1. The third kappa shape index (κ3) is 3.62. The molecule has 0 bridgehead atoms. The summed E-state index contributed by atoms with van der Waals surface area (Å²) < 4.78 is 4.84. The number of carbonyl (C=O) groups is 3. The van der Waals surface area contributed by atoms with Crippen molar-refractivity contribution < 1.29 is 23.9 Å². The second-order valence-electron chi connectivity index (χ2n) is 5.19. The molecule has 1 aliphatic heterocycles. The molecule has 21 heavy (non-hydrogen) atoms. The van der Waals surface area contributed by atoms with Crippen LogP contribution < -0.4 is 0 Å². The van der Waals surface area contributed by atoms with Crippen molar-refractivity contribution in [3.8, 4) is 0 Å². The van der Waals surface area contributed by atoms with Gasteiger partial charge in [0.05, 0.1) is 24.3 Å². The molecule has 7 nitrogen and oxygen atoms in total. The van der Waals surface area contributed by atoms with Crippen LogP contribution >= 0.6 is 0 Å². The average Bonchev–Trinajstić information content (AvgIpc) is 3.00. The summed E-state index contributed by atoms with van der Waals surface area (Å²) in [5, 5.41) is 9.02. The van der Waals surface area contributed by atoms with Crippen LogP contribution in [-0.2, 0) is 9.59 Å². The topological polar surface area (TPSA) is 91.1 Å². The Balaban J connectivity index is 1.91. The summed E-state index contributed by atoms with van der Waals surface area (Å²) in [5.74, 6) is -1.93. The highest BCUT2D eigenvalue weighted by Crippen LogP contribution is 2.17. The Labute approximate surface area is 122 Å². The van der Waals surface area contributed by atoms with Crippen molar-refractivity contribution in [1.82, 2.24) is 9.80 Å². The Hall–Kier alpha value is -2.31. The quantitative estimate of drug-likeness (QED) is 0.881. The van der Waals surface area contributed by atoms with Gasteiger partial charge >= 0.3 is 5.97 Å². The van der Waals surface area contributed by atoms with Gasteiger partial charge < -0.3 is 19.3 Å². The lowest BCUT2D eigenvalue weighted by molar-refractivity contribution is -0.145. The second kappa shape index (κ2) is 6.43. The molecule has 0 aliphatic carbocycles. The van der Waals surface area contributed by atoms with Crippen LogP contribution in [0.1, 0.15) is 23.2 Å². The zero-order valence-electron chi connectivity index (χ0n) is 11.8. The minimum Gasteiger partial charge on any atom is -0.481 e. The van der Waals surface area contributed by atoms with Crippen molar-refractivity contribution >= 4 is 17.8 Å². The van der Waals surface area contributed by atoms with Crippen LogP contribution in [0.3, 0.4) is 0 Å². The molecule has 1 unspecified atom stereocenters. The molecule has 2 rings (SSSR count). The van der Waals surface area contributed by atoms with E-state index in [-0.39, 0.29) is 24.9 Å². The number of hydrogen-bond acceptors (Lipinski definition) is 4. The first-order chi connectivity index (χ1) is 9.99. The molecule has 7 heteroatoms. The van der Waals surface area contributed by atoms with E-state index < -0.39 is 11.9 Å². The molecule has 0 spiro atoms. The van der Waals surface area contributed by atoms with Gasteiger partial charge in [-0.25, -0.2) is 0 Å². The number of piperidine rings is 1. The predicted molar refractivity (Wildman–Crippen MR) is 72.6 cm³/mol. The summed E-state index contributed by atoms with van der Waals surface area (Å²) >= 11 is 0. The summed E-state index contributed by atoms with van der Waals surface area (Å²) in [5.41, 5.74) is 0.382. The van der Waals surface area contributed by atoms with E-state index in [1.807, 2.05) is 0 Å². The molecule has 1 aromatic heterocycles. The smallest absolute Gasteiger partial charge is 0.308 e. The zero-order chi connectivity index (χ0) is 15.4. The van der Waals surface area contributed by atoms with Gasteiger partial charge in [-0.3, -0.25) is 14.4 Å². The zero-order valence-corrected chi connectivity index (χ0v) is 11.8. The maximum absolute atomic E-state index is 12.2. The lowest BCUT2D eigenvalue weighted by atomic mass is 9.98. The minimum atomic E-state index is -0.879. The number of likely N-dealkylation sites (tertiary alicyclic amines) is 1. The molecule has 1 N–H and O–H groups in total. The van der Waals surface area contributed by atoms with Crippen LogP contribution in [0, 0.1) is 5.92 Å². The van der Waals surface area contributed by atoms with Gasteiger partial charge in [0.2, 0.25) is 5.91 Å². The minimum absolute atomic E-state index is 0.0731. The number of likely N-dealkylation sites (N-methyl/N-ethyl adjacent to an activating group) is 1. The fourth-order valence-electron chi connectivity index (χ4n) is 2.39. The molecule has 2 amide bonds. The lowest BCUT2D eigenvalue weighted by Crippen LogP contribution is -2.46. The number of carboxylic acids is 1. The standard InChI is InChI=1S/C14H18N2O5/c1-15(13(18)11-4-6-21-9-11)8-12(17)16-5-2-3-10(7-16)14(19)20/h4,6,9-10H,2-3,5,7-8H2,1H3,(H,19,20). The van der Waals surface area contributed by atoms with Crippen molar-refractivity contribution in [2.75, 3.05) is 26.7 Å². The van der Waals surface area contributed by atoms with Gasteiger partial charge in [-0.05, 0) is 18.9 Å². The van der Waals surface area contributed by atoms with Crippen molar-refractivity contribution in [2.45, 2.75) is 12.8 Å². The van der Waals surface area contributed by atoms with E-state index in [0.717, 1.165) is 0 Å². The Kier molecular flexibility index (Phi) is 4.62. The molecule has 2 heterocycles. The van der Waals surface area contributed by atoms with Gasteiger partial charge in [-0.15, -0.1) is 0 Å². The Morgan fingerprint density at radius 3 is 2.86 bits per heavy atom. The van der Waals surface area contributed by atoms with Crippen molar-refractivity contribution in [2.24, 2.45) is 5.92 Å². The number of carbonyl (C=O) groups excluding carboxylic acids is 2. The molecule has 1 aromatic rings. The van der Waals surface area contributed by atoms with E-state index in [1.54, 1.807) is 0 Å². The summed E-state index contributed by atoms with van der Waals surface area (Å²) in [7, 11) is 1.53. The van der Waals surface area contributed by atoms with Crippen LogP contribution in [0.15, 0.2) is 23.0 Å². The summed E-state index contributed by atoms with van der Waals surface area (Å²) in [6.45, 7) is 0.675. The SMILES string of the molecule is CN(CC(=O)N1CCCC(C(=O)O)C1)C(=O)c1ccoc1. The molecular formula is C14H18N2O5. The van der Waals surface area contributed by atoms with Crippen LogP contribution in [0.25, 0.3) is 0 Å². The maximum atomic E-state index is 12.2. The van der Waals surface area contributed by atoms with E-state index in [9.17, 15) is 14.4 Å². The van der Waals surface area contributed by atoms with Gasteiger partial charge in [0.1, 0.15) is 6.26 Å². The van der Waals surface area contributed by atoms with Crippen molar-refractivity contribution in [3.05, 3.63) is 24.2 Å². The first-order valence-electron chi connectivity index (χ1n) is 6.77. The third-order valence-electron chi connectivity index (χ3n) is 3.61. The van der Waals surface area contributed by atoms with E-state index in [0.29, 0.717) is 24.9 Å². The first-order valence-corrected chi connectivity index (χ1v) is 6.77. The number of furan rings is 1. The fourth-order valence-corrected chi connectivity index (χ4v) is 2.39. The van der Waals surface area contributed by atoms with Crippen molar-refractivity contribution in [1.29, 1.82) is 0 Å². The summed E-state index contributed by atoms with van der Waals surface area (Å²) in [4.78, 5) is 38.0. The van der Waals surface area contributed by atoms with E-state index in [1.165, 1.54) is 35.4 Å². The van der Waals surface area contributed by atoms with Gasteiger partial charge in [0, 0.05) is 20.1 Å². The van der Waals surface area contributed by atoms with E-state index >= 15 is 0 Å². The van der Waals surface area contributed by atoms with Gasteiger partial charge in [-0.1, -0.05) is 0 Å². The van der Waals surface area contributed by atoms with E-state index in [4.69, 9.17) is 9.52 Å². The highest BCUT2D eigenvalue weighted by atomic mass is 16.4. The summed E-state index contributed by atoms with van der Waals surface area (Å²) in [6, 6.07) is 1.53. The highest BCUT2D eigenvalue weighted by Gasteiger charge is 2.29. The summed E-state index contributed by atoms with van der Waals surface area (Å²) in [6.07, 6.45) is 3.97.